The summed E-state index contributed by atoms with van der Waals surface area (Å²) in [5, 5.41) is 12.2. The second kappa shape index (κ2) is 12.2. The van der Waals surface area contributed by atoms with Crippen molar-refractivity contribution in [3.63, 3.8) is 0 Å². The van der Waals surface area contributed by atoms with Crippen LogP contribution in [0.3, 0.4) is 0 Å². The molecule has 2 aliphatic rings. The monoisotopic (exact) mass is 636 g/mol. The number of hydrogen-bond acceptors (Lipinski definition) is 7. The lowest BCUT2D eigenvalue weighted by atomic mass is 9.96. The molecule has 2 aromatic heterocycles. The summed E-state index contributed by atoms with van der Waals surface area (Å²) < 4.78 is 60.2. The van der Waals surface area contributed by atoms with E-state index in [0.717, 1.165) is 61.9 Å². The van der Waals surface area contributed by atoms with Gasteiger partial charge in [0.2, 0.25) is 15.2 Å². The van der Waals surface area contributed by atoms with E-state index in [-0.39, 0.29) is 36.1 Å². The van der Waals surface area contributed by atoms with Crippen LogP contribution >= 0.6 is 11.3 Å². The van der Waals surface area contributed by atoms with Crippen molar-refractivity contribution in [2.45, 2.75) is 62.7 Å². The van der Waals surface area contributed by atoms with Crippen molar-refractivity contribution >= 4 is 27.3 Å². The molecule has 0 spiro atoms. The fourth-order valence-corrected chi connectivity index (χ4v) is 6.90. The third kappa shape index (κ3) is 6.31. The van der Waals surface area contributed by atoms with Gasteiger partial charge in [-0.3, -0.25) is 0 Å². The average Bonchev–Trinajstić information content (AvgIpc) is 3.34. The number of carbonyl (C=O) groups is 1. The molecule has 0 aliphatic heterocycles. The van der Waals surface area contributed by atoms with Gasteiger partial charge in [0.05, 0.1) is 23.6 Å². The zero-order valence-corrected chi connectivity index (χ0v) is 25.6. The van der Waals surface area contributed by atoms with E-state index in [9.17, 15) is 22.0 Å². The molecule has 0 radical (unpaired) electrons. The van der Waals surface area contributed by atoms with Gasteiger partial charge in [-0.15, -0.1) is 11.3 Å². The largest absolute Gasteiger partial charge is 0.461 e. The lowest BCUT2D eigenvalue weighted by molar-refractivity contribution is 0.0520. The fourth-order valence-electron chi connectivity index (χ4n) is 5.56. The van der Waals surface area contributed by atoms with Crippen LogP contribution in [0, 0.1) is 29.4 Å². The van der Waals surface area contributed by atoms with Gasteiger partial charge in [0, 0.05) is 34.8 Å². The van der Waals surface area contributed by atoms with E-state index in [1.165, 1.54) is 23.5 Å². The first kappa shape index (κ1) is 30.1. The summed E-state index contributed by atoms with van der Waals surface area (Å²) in [4.78, 5) is 16.3. The van der Waals surface area contributed by atoms with Crippen molar-refractivity contribution in [2.75, 3.05) is 6.61 Å². The third-order valence-electron chi connectivity index (χ3n) is 7.83. The first-order valence-corrected chi connectivity index (χ1v) is 16.9. The molecule has 2 fully saturated rings. The molecule has 228 valence electrons. The normalized spacial score (nSPS) is 15.3. The van der Waals surface area contributed by atoms with Gasteiger partial charge in [0.15, 0.2) is 5.69 Å². The summed E-state index contributed by atoms with van der Waals surface area (Å²) in [6, 6.07) is 8.52. The highest BCUT2D eigenvalue weighted by molar-refractivity contribution is 7.89. The maximum Gasteiger partial charge on any atom is 0.357 e. The van der Waals surface area contributed by atoms with Crippen molar-refractivity contribution < 1.29 is 26.7 Å². The SMILES string of the molecule is CCOC(=O)c1csc(-n2nc(-c3ccc(F)c(C#CC4CCCC4)c3)c(Cc3ccc(S(N)(=O)=O)c(F)c3)c2C2CC2)n1. The van der Waals surface area contributed by atoms with Crippen LogP contribution in [0.1, 0.15) is 84.2 Å². The zero-order chi connectivity index (χ0) is 31.0. The van der Waals surface area contributed by atoms with E-state index in [2.05, 4.69) is 16.8 Å². The predicted molar refractivity (Wildman–Crippen MR) is 162 cm³/mol. The van der Waals surface area contributed by atoms with Gasteiger partial charge in [-0.2, -0.15) is 5.10 Å². The maximum absolute atomic E-state index is 14.9. The lowest BCUT2D eigenvalue weighted by Gasteiger charge is -2.10. The summed E-state index contributed by atoms with van der Waals surface area (Å²) in [6.07, 6.45) is 6.27. The van der Waals surface area contributed by atoms with Crippen LogP contribution in [0.2, 0.25) is 0 Å². The Morgan fingerprint density at radius 2 is 1.89 bits per heavy atom. The van der Waals surface area contributed by atoms with Crippen LogP contribution in [-0.2, 0) is 21.2 Å². The standard InChI is InChI=1S/C32H30F2N4O4S2/c1-2-42-31(39)27-18-43-32(36-27)38-30(21-10-11-21)24(15-20-8-14-28(26(34)16-20)44(35,40)41)29(37-38)23-12-13-25(33)22(17-23)9-7-19-5-3-4-6-19/h8,12-14,16-19,21H,2-6,10-11,15H2,1H3,(H2,35,40,41). The molecule has 44 heavy (non-hydrogen) atoms. The van der Waals surface area contributed by atoms with Gasteiger partial charge >= 0.3 is 5.97 Å². The second-order valence-electron chi connectivity index (χ2n) is 11.1. The molecule has 0 bridgehead atoms. The minimum atomic E-state index is -4.23. The summed E-state index contributed by atoms with van der Waals surface area (Å²) in [5.74, 6) is 4.74. The fraction of sp³-hybridized carbons (Fsp3) is 0.344. The summed E-state index contributed by atoms with van der Waals surface area (Å²) in [7, 11) is -4.23. The Balaban J connectivity index is 1.48. The molecular formula is C32H30F2N4O4S2. The van der Waals surface area contributed by atoms with Crippen molar-refractivity contribution in [3.05, 3.63) is 81.5 Å². The molecule has 12 heteroatoms. The van der Waals surface area contributed by atoms with Gasteiger partial charge in [-0.1, -0.05) is 30.7 Å². The predicted octanol–water partition coefficient (Wildman–Crippen LogP) is 6.11. The summed E-state index contributed by atoms with van der Waals surface area (Å²) in [6.45, 7) is 1.93. The molecule has 0 amide bonds. The topological polar surface area (TPSA) is 117 Å². The van der Waals surface area contributed by atoms with E-state index in [1.807, 2.05) is 0 Å². The van der Waals surface area contributed by atoms with E-state index in [0.29, 0.717) is 22.0 Å². The molecule has 2 heterocycles. The highest BCUT2D eigenvalue weighted by Crippen LogP contribution is 2.46. The molecule has 6 rings (SSSR count). The van der Waals surface area contributed by atoms with E-state index >= 15 is 0 Å². The molecule has 4 aromatic rings. The minimum absolute atomic E-state index is 0.136. The van der Waals surface area contributed by atoms with Gasteiger partial charge in [0.1, 0.15) is 16.5 Å². The average molecular weight is 637 g/mol. The van der Waals surface area contributed by atoms with Crippen molar-refractivity contribution in [1.82, 2.24) is 14.8 Å². The number of rotatable bonds is 8. The number of benzene rings is 2. The van der Waals surface area contributed by atoms with E-state index < -0.39 is 32.5 Å². The van der Waals surface area contributed by atoms with Gasteiger partial charge in [-0.05, 0) is 68.5 Å². The smallest absolute Gasteiger partial charge is 0.357 e. The van der Waals surface area contributed by atoms with Crippen molar-refractivity contribution in [3.8, 4) is 28.2 Å². The molecule has 2 aromatic carbocycles. The Morgan fingerprint density at radius 1 is 1.11 bits per heavy atom. The summed E-state index contributed by atoms with van der Waals surface area (Å²) >= 11 is 1.24. The Hall–Kier alpha value is -3.92. The van der Waals surface area contributed by atoms with Crippen molar-refractivity contribution in [1.29, 1.82) is 0 Å². The summed E-state index contributed by atoms with van der Waals surface area (Å²) in [5.41, 5.74) is 3.73. The Kier molecular flexibility index (Phi) is 8.37. The Labute approximate surface area is 258 Å². The quantitative estimate of drug-likeness (QED) is 0.184. The minimum Gasteiger partial charge on any atom is -0.461 e. The first-order chi connectivity index (χ1) is 21.1. The van der Waals surface area contributed by atoms with Crippen LogP contribution < -0.4 is 5.14 Å². The van der Waals surface area contributed by atoms with E-state index in [4.69, 9.17) is 15.0 Å². The van der Waals surface area contributed by atoms with Crippen LogP contribution in [0.5, 0.6) is 0 Å². The molecule has 0 saturated heterocycles. The number of nitrogens with zero attached hydrogens (tertiary/aromatic N) is 3. The van der Waals surface area contributed by atoms with E-state index in [1.54, 1.807) is 29.1 Å². The number of nitrogens with two attached hydrogens (primary N) is 1. The second-order valence-corrected chi connectivity index (χ2v) is 13.4. The molecule has 2 aliphatic carbocycles. The Morgan fingerprint density at radius 3 is 2.57 bits per heavy atom. The highest BCUT2D eigenvalue weighted by atomic mass is 32.2. The van der Waals surface area contributed by atoms with Crippen LogP contribution in [0.25, 0.3) is 16.4 Å². The molecule has 8 nitrogen and oxygen atoms in total. The lowest BCUT2D eigenvalue weighted by Crippen LogP contribution is -2.14. The van der Waals surface area contributed by atoms with Gasteiger partial charge < -0.3 is 4.74 Å². The number of hydrogen-bond donors (Lipinski definition) is 1. The third-order valence-corrected chi connectivity index (χ3v) is 9.60. The van der Waals surface area contributed by atoms with Crippen molar-refractivity contribution in [2.24, 2.45) is 11.1 Å². The number of esters is 1. The molecule has 2 N–H and O–H groups in total. The number of primary sulfonamides is 1. The van der Waals surface area contributed by atoms with Gasteiger partial charge in [-0.25, -0.2) is 36.8 Å². The number of ether oxygens (including phenoxy) is 1. The van der Waals surface area contributed by atoms with Crippen LogP contribution in [0.4, 0.5) is 8.78 Å². The molecular weight excluding hydrogens is 607 g/mol. The van der Waals surface area contributed by atoms with Crippen LogP contribution in [0.15, 0.2) is 46.7 Å². The van der Waals surface area contributed by atoms with Crippen LogP contribution in [-0.4, -0.2) is 35.8 Å². The number of halogens is 2. The zero-order valence-electron chi connectivity index (χ0n) is 24.0. The molecule has 0 atom stereocenters. The highest BCUT2D eigenvalue weighted by Gasteiger charge is 2.34. The molecule has 2 saturated carbocycles. The maximum atomic E-state index is 14.9. The molecule has 0 unspecified atom stereocenters. The number of carbonyl (C=O) groups excluding carboxylic acids is 1. The number of aromatic nitrogens is 3. The first-order valence-electron chi connectivity index (χ1n) is 14.5. The number of sulfonamides is 1. The number of thiazole rings is 1. The Bertz CT molecular complexity index is 1910. The van der Waals surface area contributed by atoms with Gasteiger partial charge in [0.25, 0.3) is 0 Å².